The van der Waals surface area contributed by atoms with Crippen LogP contribution in [0.1, 0.15) is 15.8 Å². The average Bonchev–Trinajstić information content (AvgIpc) is 2.97. The lowest BCUT2D eigenvalue weighted by molar-refractivity contribution is 0.168. The van der Waals surface area contributed by atoms with Crippen molar-refractivity contribution in [2.75, 3.05) is 7.11 Å². The molecule has 1 amide bonds. The third-order valence-corrected chi connectivity index (χ3v) is 3.98. The van der Waals surface area contributed by atoms with Crippen LogP contribution in [0.3, 0.4) is 0 Å². The second-order valence-corrected chi connectivity index (χ2v) is 5.06. The Kier molecular flexibility index (Phi) is 3.58. The number of amides is 1. The molecule has 0 aliphatic heterocycles. The van der Waals surface area contributed by atoms with Crippen molar-refractivity contribution in [1.82, 2.24) is 5.32 Å². The Morgan fingerprint density at radius 2 is 1.81 bits per heavy atom. The van der Waals surface area contributed by atoms with Crippen molar-refractivity contribution in [3.63, 3.8) is 0 Å². The van der Waals surface area contributed by atoms with Gasteiger partial charge in [0, 0.05) is 9.75 Å². The van der Waals surface area contributed by atoms with Crippen molar-refractivity contribution in [2.24, 2.45) is 0 Å². The molecular weight excluding hydrogens is 242 g/mol. The number of nitrogens with one attached hydrogen (secondary N) is 1. The first-order valence-electron chi connectivity index (χ1n) is 4.72. The van der Waals surface area contributed by atoms with Gasteiger partial charge in [-0.2, -0.15) is 0 Å². The van der Waals surface area contributed by atoms with Crippen LogP contribution in [0.2, 0.25) is 0 Å². The molecule has 0 aliphatic carbocycles. The second kappa shape index (κ2) is 5.14. The molecule has 2 aromatic heterocycles. The third-order valence-electron chi connectivity index (χ3n) is 2.10. The summed E-state index contributed by atoms with van der Waals surface area (Å²) in [5, 5.41) is 6.82. The highest BCUT2D eigenvalue weighted by molar-refractivity contribution is 7.11. The van der Waals surface area contributed by atoms with E-state index in [-0.39, 0.29) is 6.04 Å². The van der Waals surface area contributed by atoms with E-state index in [2.05, 4.69) is 10.1 Å². The molecule has 84 valence electrons. The molecule has 16 heavy (non-hydrogen) atoms. The molecule has 3 nitrogen and oxygen atoms in total. The van der Waals surface area contributed by atoms with Crippen molar-refractivity contribution in [1.29, 1.82) is 0 Å². The van der Waals surface area contributed by atoms with Gasteiger partial charge < -0.3 is 10.1 Å². The normalized spacial score (nSPS) is 10.4. The van der Waals surface area contributed by atoms with E-state index < -0.39 is 6.09 Å². The van der Waals surface area contributed by atoms with Gasteiger partial charge in [-0.3, -0.25) is 0 Å². The van der Waals surface area contributed by atoms with Gasteiger partial charge >= 0.3 is 6.09 Å². The number of alkyl carbamates (subject to hydrolysis) is 1. The maximum absolute atomic E-state index is 11.3. The predicted molar refractivity (Wildman–Crippen MR) is 66.0 cm³/mol. The van der Waals surface area contributed by atoms with Gasteiger partial charge in [0.05, 0.1) is 7.11 Å². The van der Waals surface area contributed by atoms with Crippen molar-refractivity contribution < 1.29 is 9.53 Å². The lowest BCUT2D eigenvalue weighted by Gasteiger charge is -2.14. The fraction of sp³-hybridized carbons (Fsp3) is 0.182. The molecule has 0 bridgehead atoms. The zero-order valence-electron chi connectivity index (χ0n) is 8.67. The Hall–Kier alpha value is -1.33. The van der Waals surface area contributed by atoms with E-state index in [0.29, 0.717) is 0 Å². The molecule has 5 heteroatoms. The summed E-state index contributed by atoms with van der Waals surface area (Å²) in [6.07, 6.45) is -0.410. The summed E-state index contributed by atoms with van der Waals surface area (Å²) >= 11 is 3.24. The Morgan fingerprint density at radius 1 is 1.25 bits per heavy atom. The summed E-state index contributed by atoms with van der Waals surface area (Å²) in [5.41, 5.74) is 0. The smallest absolute Gasteiger partial charge is 0.407 e. The van der Waals surface area contributed by atoms with E-state index in [4.69, 9.17) is 0 Å². The number of methoxy groups -OCH3 is 1. The fourth-order valence-electron chi connectivity index (χ4n) is 1.37. The van der Waals surface area contributed by atoms with Crippen molar-refractivity contribution in [2.45, 2.75) is 6.04 Å². The zero-order chi connectivity index (χ0) is 11.4. The molecule has 1 N–H and O–H groups in total. The summed E-state index contributed by atoms with van der Waals surface area (Å²) in [5.74, 6) is 0. The van der Waals surface area contributed by atoms with Crippen LogP contribution >= 0.6 is 22.7 Å². The summed E-state index contributed by atoms with van der Waals surface area (Å²) in [6, 6.07) is 7.85. The Balaban J connectivity index is 2.24. The molecule has 0 spiro atoms. The molecule has 0 unspecified atom stereocenters. The van der Waals surface area contributed by atoms with E-state index in [1.165, 1.54) is 7.11 Å². The van der Waals surface area contributed by atoms with E-state index in [9.17, 15) is 4.79 Å². The van der Waals surface area contributed by atoms with Crippen LogP contribution in [0, 0.1) is 0 Å². The van der Waals surface area contributed by atoms with E-state index in [1.807, 2.05) is 35.0 Å². The number of hydrogen-bond donors (Lipinski definition) is 1. The standard InChI is InChI=1S/C11H11NO2S2/c1-14-11(13)12-10(8-4-2-6-15-8)9-5-3-7-16-9/h2-7,10H,1H3,(H,12,13). The summed E-state index contributed by atoms with van der Waals surface area (Å²) in [4.78, 5) is 13.5. The predicted octanol–water partition coefficient (Wildman–Crippen LogP) is 3.26. The average molecular weight is 253 g/mol. The summed E-state index contributed by atoms with van der Waals surface area (Å²) in [7, 11) is 1.37. The minimum atomic E-state index is -0.410. The third kappa shape index (κ3) is 2.43. The first kappa shape index (κ1) is 11.2. The fourth-order valence-corrected chi connectivity index (χ4v) is 3.03. The highest BCUT2D eigenvalue weighted by Crippen LogP contribution is 2.29. The molecule has 0 aliphatic rings. The highest BCUT2D eigenvalue weighted by Gasteiger charge is 2.18. The quantitative estimate of drug-likeness (QED) is 0.911. The number of ether oxygens (including phenoxy) is 1. The SMILES string of the molecule is COC(=O)NC(c1cccs1)c1cccs1. The highest BCUT2D eigenvalue weighted by atomic mass is 32.1. The number of carbonyl (C=O) groups excluding carboxylic acids is 1. The Bertz CT molecular complexity index is 402. The first-order chi connectivity index (χ1) is 7.81. The van der Waals surface area contributed by atoms with E-state index >= 15 is 0 Å². The minimum Gasteiger partial charge on any atom is -0.453 e. The van der Waals surface area contributed by atoms with Crippen LogP contribution in [0.15, 0.2) is 35.0 Å². The molecule has 0 atom stereocenters. The first-order valence-corrected chi connectivity index (χ1v) is 6.48. The number of rotatable bonds is 3. The maximum atomic E-state index is 11.3. The molecule has 0 fully saturated rings. The van der Waals surface area contributed by atoms with Gasteiger partial charge in [-0.25, -0.2) is 4.79 Å². The van der Waals surface area contributed by atoms with Gasteiger partial charge in [-0.05, 0) is 22.9 Å². The topological polar surface area (TPSA) is 38.3 Å². The molecular formula is C11H11NO2S2. The number of thiophene rings is 2. The van der Waals surface area contributed by atoms with Crippen LogP contribution in [-0.4, -0.2) is 13.2 Å². The second-order valence-electron chi connectivity index (χ2n) is 3.10. The van der Waals surface area contributed by atoms with Gasteiger partial charge in [0.25, 0.3) is 0 Å². The minimum absolute atomic E-state index is 0.104. The molecule has 2 aromatic rings. The molecule has 0 aromatic carbocycles. The lowest BCUT2D eigenvalue weighted by Crippen LogP contribution is -2.27. The van der Waals surface area contributed by atoms with E-state index in [1.54, 1.807) is 22.7 Å². The van der Waals surface area contributed by atoms with Crippen molar-refractivity contribution >= 4 is 28.8 Å². The van der Waals surface area contributed by atoms with Gasteiger partial charge in [0.1, 0.15) is 6.04 Å². The molecule has 2 heterocycles. The van der Waals surface area contributed by atoms with Gasteiger partial charge in [0.2, 0.25) is 0 Å². The largest absolute Gasteiger partial charge is 0.453 e. The lowest BCUT2D eigenvalue weighted by atomic mass is 10.2. The van der Waals surface area contributed by atoms with Crippen LogP contribution < -0.4 is 5.32 Å². The number of hydrogen-bond acceptors (Lipinski definition) is 4. The Labute approximate surface area is 102 Å². The zero-order valence-corrected chi connectivity index (χ0v) is 10.3. The van der Waals surface area contributed by atoms with Crippen LogP contribution in [0.4, 0.5) is 4.79 Å². The van der Waals surface area contributed by atoms with Crippen molar-refractivity contribution in [3.05, 3.63) is 44.8 Å². The van der Waals surface area contributed by atoms with E-state index in [0.717, 1.165) is 9.75 Å². The Morgan fingerprint density at radius 3 is 2.19 bits per heavy atom. The molecule has 0 saturated heterocycles. The summed E-state index contributed by atoms with van der Waals surface area (Å²) < 4.78 is 4.64. The monoisotopic (exact) mass is 253 g/mol. The molecule has 2 rings (SSSR count). The van der Waals surface area contributed by atoms with Crippen LogP contribution in [-0.2, 0) is 4.74 Å². The van der Waals surface area contributed by atoms with Gasteiger partial charge in [0.15, 0.2) is 0 Å². The van der Waals surface area contributed by atoms with Gasteiger partial charge in [-0.1, -0.05) is 12.1 Å². The maximum Gasteiger partial charge on any atom is 0.407 e. The summed E-state index contributed by atoms with van der Waals surface area (Å²) in [6.45, 7) is 0. The van der Waals surface area contributed by atoms with Crippen LogP contribution in [0.25, 0.3) is 0 Å². The van der Waals surface area contributed by atoms with Crippen molar-refractivity contribution in [3.8, 4) is 0 Å². The van der Waals surface area contributed by atoms with Crippen LogP contribution in [0.5, 0.6) is 0 Å². The number of carbonyl (C=O) groups is 1. The molecule has 0 saturated carbocycles. The molecule has 0 radical (unpaired) electrons. The van der Waals surface area contributed by atoms with Gasteiger partial charge in [-0.15, -0.1) is 22.7 Å².